The number of carbonyl (C=O) groups is 1. The first kappa shape index (κ1) is 16.9. The summed E-state index contributed by atoms with van der Waals surface area (Å²) in [6.07, 6.45) is -0.626. The molecule has 0 spiro atoms. The van der Waals surface area contributed by atoms with Crippen molar-refractivity contribution in [1.82, 2.24) is 5.32 Å². The molecule has 1 aromatic carbocycles. The van der Waals surface area contributed by atoms with Gasteiger partial charge in [0.2, 0.25) is 0 Å². The molecule has 1 rings (SSSR count). The fraction of sp³-hybridized carbons (Fsp3) is 0.533. The minimum absolute atomic E-state index is 0.204. The second-order valence-electron chi connectivity index (χ2n) is 5.48. The minimum atomic E-state index is -0.969. The van der Waals surface area contributed by atoms with Gasteiger partial charge >= 0.3 is 0 Å². The Labute approximate surface area is 123 Å². The molecular weight excluding hydrogens is 274 g/mol. The van der Waals surface area contributed by atoms with Crippen LogP contribution in [0.4, 0.5) is 0 Å². The zero-order valence-electron chi connectivity index (χ0n) is 12.5. The average Bonchev–Trinajstić information content (AvgIpc) is 2.39. The SMILES string of the molecule is CO[C@H](C(=O)NCC[S@](=O)C(C)(C)C)c1ccccc1. The van der Waals surface area contributed by atoms with Gasteiger partial charge in [0, 0.05) is 35.0 Å². The normalized spacial score (nSPS) is 14.6. The number of nitrogens with one attached hydrogen (secondary N) is 1. The molecule has 4 nitrogen and oxygen atoms in total. The van der Waals surface area contributed by atoms with Crippen LogP contribution in [0.2, 0.25) is 0 Å². The number of benzene rings is 1. The van der Waals surface area contributed by atoms with Gasteiger partial charge in [-0.3, -0.25) is 9.00 Å². The van der Waals surface area contributed by atoms with Crippen LogP contribution in [0, 0.1) is 0 Å². The number of hydrogen-bond donors (Lipinski definition) is 1. The van der Waals surface area contributed by atoms with E-state index in [4.69, 9.17) is 4.74 Å². The lowest BCUT2D eigenvalue weighted by atomic mass is 10.1. The van der Waals surface area contributed by atoms with E-state index in [9.17, 15) is 9.00 Å². The molecule has 0 bridgehead atoms. The lowest BCUT2D eigenvalue weighted by Crippen LogP contribution is -2.35. The molecule has 0 saturated carbocycles. The average molecular weight is 297 g/mol. The van der Waals surface area contributed by atoms with E-state index in [1.54, 1.807) is 0 Å². The summed E-state index contributed by atoms with van der Waals surface area (Å²) in [5.74, 6) is 0.241. The molecule has 0 radical (unpaired) electrons. The second kappa shape index (κ2) is 7.55. The molecule has 1 aromatic rings. The van der Waals surface area contributed by atoms with Gasteiger partial charge in [-0.1, -0.05) is 30.3 Å². The highest BCUT2D eigenvalue weighted by atomic mass is 32.2. The molecule has 1 amide bonds. The maximum Gasteiger partial charge on any atom is 0.253 e. The number of rotatable bonds is 6. The van der Waals surface area contributed by atoms with Crippen LogP contribution in [-0.2, 0) is 20.3 Å². The van der Waals surface area contributed by atoms with Gasteiger partial charge in [-0.2, -0.15) is 0 Å². The fourth-order valence-corrected chi connectivity index (χ4v) is 2.59. The van der Waals surface area contributed by atoms with Crippen LogP contribution in [0.15, 0.2) is 30.3 Å². The largest absolute Gasteiger partial charge is 0.367 e. The lowest BCUT2D eigenvalue weighted by molar-refractivity contribution is -0.131. The van der Waals surface area contributed by atoms with Gasteiger partial charge < -0.3 is 10.1 Å². The first-order valence-corrected chi connectivity index (χ1v) is 7.92. The summed E-state index contributed by atoms with van der Waals surface area (Å²) in [6.45, 7) is 6.15. The van der Waals surface area contributed by atoms with Gasteiger partial charge in [0.25, 0.3) is 5.91 Å². The molecule has 0 aliphatic carbocycles. The molecule has 112 valence electrons. The van der Waals surface area contributed by atoms with Crippen molar-refractivity contribution in [2.75, 3.05) is 19.4 Å². The Morgan fingerprint density at radius 3 is 2.40 bits per heavy atom. The Balaban J connectivity index is 2.52. The molecule has 0 aliphatic rings. The zero-order valence-corrected chi connectivity index (χ0v) is 13.3. The van der Waals surface area contributed by atoms with E-state index in [-0.39, 0.29) is 10.7 Å². The number of ether oxygens (including phenoxy) is 1. The topological polar surface area (TPSA) is 55.4 Å². The summed E-state index contributed by atoms with van der Waals surface area (Å²) in [7, 11) is 0.536. The molecule has 0 aromatic heterocycles. The molecule has 0 fully saturated rings. The van der Waals surface area contributed by atoms with Crippen molar-refractivity contribution >= 4 is 16.7 Å². The van der Waals surface area contributed by atoms with Gasteiger partial charge in [-0.05, 0) is 26.3 Å². The Morgan fingerprint density at radius 1 is 1.30 bits per heavy atom. The summed E-state index contributed by atoms with van der Waals surface area (Å²) in [5.41, 5.74) is 0.810. The van der Waals surface area contributed by atoms with Crippen molar-refractivity contribution in [3.05, 3.63) is 35.9 Å². The molecule has 0 unspecified atom stereocenters. The first-order valence-electron chi connectivity index (χ1n) is 6.60. The molecular formula is C15H23NO3S. The maximum absolute atomic E-state index is 12.1. The molecule has 0 aliphatic heterocycles. The van der Waals surface area contributed by atoms with Crippen molar-refractivity contribution < 1.29 is 13.7 Å². The highest BCUT2D eigenvalue weighted by Gasteiger charge is 2.21. The van der Waals surface area contributed by atoms with Crippen LogP contribution in [0.3, 0.4) is 0 Å². The number of methoxy groups -OCH3 is 1. The lowest BCUT2D eigenvalue weighted by Gasteiger charge is -2.19. The minimum Gasteiger partial charge on any atom is -0.367 e. The van der Waals surface area contributed by atoms with Gasteiger partial charge in [-0.15, -0.1) is 0 Å². The van der Waals surface area contributed by atoms with Crippen molar-refractivity contribution in [1.29, 1.82) is 0 Å². The van der Waals surface area contributed by atoms with Crippen molar-refractivity contribution in [3.63, 3.8) is 0 Å². The molecule has 5 heteroatoms. The number of carbonyl (C=O) groups excluding carboxylic acids is 1. The van der Waals surface area contributed by atoms with Gasteiger partial charge in [-0.25, -0.2) is 0 Å². The predicted molar refractivity (Wildman–Crippen MR) is 82.0 cm³/mol. The highest BCUT2D eigenvalue weighted by molar-refractivity contribution is 7.86. The number of amides is 1. The Morgan fingerprint density at radius 2 is 1.90 bits per heavy atom. The molecule has 2 atom stereocenters. The maximum atomic E-state index is 12.1. The third-order valence-corrected chi connectivity index (χ3v) is 4.79. The van der Waals surface area contributed by atoms with E-state index in [1.165, 1.54) is 7.11 Å². The van der Waals surface area contributed by atoms with E-state index in [0.717, 1.165) is 5.56 Å². The van der Waals surface area contributed by atoms with Gasteiger partial charge in [0.05, 0.1) is 0 Å². The molecule has 0 saturated heterocycles. The Kier molecular flexibility index (Phi) is 6.36. The quantitative estimate of drug-likeness (QED) is 0.874. The standard InChI is InChI=1S/C15H23NO3S/c1-15(2,3)20(18)11-10-16-14(17)13(19-4)12-8-6-5-7-9-12/h5-9,13H,10-11H2,1-4H3,(H,16,17)/t13-,20-/m0/s1. The van der Waals surface area contributed by atoms with Crippen LogP contribution < -0.4 is 5.32 Å². The van der Waals surface area contributed by atoms with Crippen molar-refractivity contribution in [2.45, 2.75) is 31.6 Å². The van der Waals surface area contributed by atoms with E-state index >= 15 is 0 Å². The Bertz CT molecular complexity index is 454. The fourth-order valence-electron chi connectivity index (χ4n) is 1.69. The summed E-state index contributed by atoms with van der Waals surface area (Å²) < 4.78 is 16.9. The van der Waals surface area contributed by atoms with E-state index in [0.29, 0.717) is 12.3 Å². The summed E-state index contributed by atoms with van der Waals surface area (Å²) in [4.78, 5) is 12.1. The van der Waals surface area contributed by atoms with E-state index < -0.39 is 16.9 Å². The van der Waals surface area contributed by atoms with Gasteiger partial charge in [0.1, 0.15) is 0 Å². The third kappa shape index (κ3) is 5.06. The van der Waals surface area contributed by atoms with Crippen LogP contribution in [0.5, 0.6) is 0 Å². The van der Waals surface area contributed by atoms with Crippen LogP contribution in [0.25, 0.3) is 0 Å². The molecule has 1 N–H and O–H groups in total. The zero-order chi connectivity index (χ0) is 15.2. The summed E-state index contributed by atoms with van der Waals surface area (Å²) in [6, 6.07) is 9.31. The smallest absolute Gasteiger partial charge is 0.253 e. The second-order valence-corrected chi connectivity index (χ2v) is 7.80. The monoisotopic (exact) mass is 297 g/mol. The van der Waals surface area contributed by atoms with E-state index in [1.807, 2.05) is 51.1 Å². The van der Waals surface area contributed by atoms with Crippen LogP contribution in [-0.4, -0.2) is 34.3 Å². The van der Waals surface area contributed by atoms with Gasteiger partial charge in [0.15, 0.2) is 6.10 Å². The van der Waals surface area contributed by atoms with Crippen LogP contribution in [0.1, 0.15) is 32.4 Å². The third-order valence-electron chi connectivity index (χ3n) is 2.85. The highest BCUT2D eigenvalue weighted by Crippen LogP contribution is 2.16. The van der Waals surface area contributed by atoms with Crippen molar-refractivity contribution in [2.24, 2.45) is 0 Å². The summed E-state index contributed by atoms with van der Waals surface area (Å²) in [5, 5.41) is 2.78. The Hall–Kier alpha value is -1.20. The predicted octanol–water partition coefficient (Wildman–Crippen LogP) is 2.04. The number of hydrogen-bond acceptors (Lipinski definition) is 3. The van der Waals surface area contributed by atoms with Crippen LogP contribution >= 0.6 is 0 Å². The van der Waals surface area contributed by atoms with Crippen molar-refractivity contribution in [3.8, 4) is 0 Å². The summed E-state index contributed by atoms with van der Waals surface area (Å²) >= 11 is 0. The van der Waals surface area contributed by atoms with E-state index in [2.05, 4.69) is 5.32 Å². The first-order chi connectivity index (χ1) is 9.36. The molecule has 20 heavy (non-hydrogen) atoms. The molecule has 0 heterocycles.